The molecule has 0 saturated heterocycles. The second kappa shape index (κ2) is 5.58. The first-order valence-electron chi connectivity index (χ1n) is 7.68. The van der Waals surface area contributed by atoms with Crippen LogP contribution in [0.5, 0.6) is 0 Å². The van der Waals surface area contributed by atoms with Crippen molar-refractivity contribution in [3.63, 3.8) is 0 Å². The van der Waals surface area contributed by atoms with Gasteiger partial charge in [0, 0.05) is 15.5 Å². The molecule has 0 spiro atoms. The van der Waals surface area contributed by atoms with Crippen molar-refractivity contribution < 1.29 is 4.79 Å². The Bertz CT molecular complexity index is 836. The predicted molar refractivity (Wildman–Crippen MR) is 91.4 cm³/mol. The van der Waals surface area contributed by atoms with Gasteiger partial charge in [-0.25, -0.2) is 0 Å². The highest BCUT2D eigenvalue weighted by atomic mass is 32.1. The first-order valence-corrected chi connectivity index (χ1v) is 8.56. The highest BCUT2D eigenvalue weighted by molar-refractivity contribution is 7.17. The summed E-state index contributed by atoms with van der Waals surface area (Å²) in [7, 11) is 0. The minimum atomic E-state index is 0.0409. The zero-order valence-electron chi connectivity index (χ0n) is 12.2. The Labute approximate surface area is 133 Å². The van der Waals surface area contributed by atoms with Gasteiger partial charge in [0.25, 0.3) is 5.91 Å². The standard InChI is InChI=1S/C19H17NOS/c21-19(16-12-22-18-11-4-3-9-15(16)18)20-17-10-5-7-13-6-1-2-8-14(13)17/h1-4,6,8-9,11-12,17H,5,7,10H2,(H,20,21)/t17-/m0/s1. The van der Waals surface area contributed by atoms with E-state index in [4.69, 9.17) is 0 Å². The number of thiophene rings is 1. The van der Waals surface area contributed by atoms with Gasteiger partial charge in [-0.15, -0.1) is 11.3 Å². The van der Waals surface area contributed by atoms with Gasteiger partial charge in [-0.1, -0.05) is 42.5 Å². The number of aryl methyl sites for hydroxylation is 1. The summed E-state index contributed by atoms with van der Waals surface area (Å²) in [5, 5.41) is 6.25. The number of carbonyl (C=O) groups excluding carboxylic acids is 1. The molecule has 3 heteroatoms. The lowest BCUT2D eigenvalue weighted by Crippen LogP contribution is -2.30. The van der Waals surface area contributed by atoms with Crippen LogP contribution in [0.25, 0.3) is 10.1 Å². The highest BCUT2D eigenvalue weighted by Gasteiger charge is 2.22. The molecule has 0 aliphatic heterocycles. The van der Waals surface area contributed by atoms with Crippen LogP contribution in [-0.2, 0) is 6.42 Å². The first kappa shape index (κ1) is 13.5. The molecule has 1 heterocycles. The first-order chi connectivity index (χ1) is 10.8. The summed E-state index contributed by atoms with van der Waals surface area (Å²) in [6, 6.07) is 16.7. The summed E-state index contributed by atoms with van der Waals surface area (Å²) in [5.41, 5.74) is 3.44. The fourth-order valence-electron chi connectivity index (χ4n) is 3.29. The second-order valence-electron chi connectivity index (χ2n) is 5.76. The van der Waals surface area contributed by atoms with E-state index in [1.165, 1.54) is 11.1 Å². The second-order valence-corrected chi connectivity index (χ2v) is 6.67. The number of hydrogen-bond donors (Lipinski definition) is 1. The Balaban J connectivity index is 1.63. The summed E-state index contributed by atoms with van der Waals surface area (Å²) in [6.07, 6.45) is 3.26. The predicted octanol–water partition coefficient (Wildman–Crippen LogP) is 4.71. The van der Waals surface area contributed by atoms with Crippen molar-refractivity contribution in [2.45, 2.75) is 25.3 Å². The van der Waals surface area contributed by atoms with Crippen LogP contribution in [0.2, 0.25) is 0 Å². The minimum Gasteiger partial charge on any atom is -0.345 e. The number of carbonyl (C=O) groups is 1. The fraction of sp³-hybridized carbons (Fsp3) is 0.211. The Morgan fingerprint density at radius 2 is 1.91 bits per heavy atom. The van der Waals surface area contributed by atoms with Crippen LogP contribution in [0.15, 0.2) is 53.9 Å². The fourth-order valence-corrected chi connectivity index (χ4v) is 4.23. The number of nitrogens with one attached hydrogen (secondary N) is 1. The van der Waals surface area contributed by atoms with Crippen molar-refractivity contribution in [3.05, 3.63) is 70.6 Å². The van der Waals surface area contributed by atoms with E-state index < -0.39 is 0 Å². The average Bonchev–Trinajstić information content (AvgIpc) is 2.99. The lowest BCUT2D eigenvalue weighted by molar-refractivity contribution is 0.0935. The third-order valence-electron chi connectivity index (χ3n) is 4.40. The van der Waals surface area contributed by atoms with E-state index in [0.29, 0.717) is 0 Å². The van der Waals surface area contributed by atoms with Crippen LogP contribution in [0.4, 0.5) is 0 Å². The molecule has 1 aliphatic carbocycles. The lowest BCUT2D eigenvalue weighted by atomic mass is 9.87. The Morgan fingerprint density at radius 3 is 2.86 bits per heavy atom. The summed E-state index contributed by atoms with van der Waals surface area (Å²) in [5.74, 6) is 0.0409. The van der Waals surface area contributed by atoms with Gasteiger partial charge in [-0.3, -0.25) is 4.79 Å². The van der Waals surface area contributed by atoms with Crippen LogP contribution < -0.4 is 5.32 Å². The van der Waals surface area contributed by atoms with E-state index in [1.807, 2.05) is 23.6 Å². The number of fused-ring (bicyclic) bond motifs is 2. The molecule has 1 N–H and O–H groups in total. The molecule has 0 radical (unpaired) electrons. The molecule has 2 nitrogen and oxygen atoms in total. The van der Waals surface area contributed by atoms with E-state index >= 15 is 0 Å². The zero-order chi connectivity index (χ0) is 14.9. The van der Waals surface area contributed by atoms with Crippen molar-refractivity contribution >= 4 is 27.3 Å². The van der Waals surface area contributed by atoms with Crippen LogP contribution in [0.3, 0.4) is 0 Å². The van der Waals surface area contributed by atoms with Gasteiger partial charge in [0.2, 0.25) is 0 Å². The number of amides is 1. The molecule has 4 rings (SSSR count). The third kappa shape index (κ3) is 2.32. The van der Waals surface area contributed by atoms with Crippen LogP contribution in [-0.4, -0.2) is 5.91 Å². The van der Waals surface area contributed by atoms with Crippen molar-refractivity contribution in [3.8, 4) is 0 Å². The van der Waals surface area contributed by atoms with Crippen molar-refractivity contribution in [1.29, 1.82) is 0 Å². The van der Waals surface area contributed by atoms with Crippen molar-refractivity contribution in [2.24, 2.45) is 0 Å². The molecular formula is C19H17NOS. The normalized spacial score (nSPS) is 17.2. The third-order valence-corrected chi connectivity index (χ3v) is 5.36. The van der Waals surface area contributed by atoms with Gasteiger partial charge >= 0.3 is 0 Å². The van der Waals surface area contributed by atoms with E-state index in [9.17, 15) is 4.79 Å². The maximum Gasteiger partial charge on any atom is 0.253 e. The summed E-state index contributed by atoms with van der Waals surface area (Å²) < 4.78 is 1.16. The molecule has 1 amide bonds. The van der Waals surface area contributed by atoms with Gasteiger partial charge < -0.3 is 5.32 Å². The molecule has 1 atom stereocenters. The number of benzene rings is 2. The van der Waals surface area contributed by atoms with Gasteiger partial charge in [-0.05, 0) is 36.5 Å². The van der Waals surface area contributed by atoms with E-state index in [-0.39, 0.29) is 11.9 Å². The minimum absolute atomic E-state index is 0.0409. The number of hydrogen-bond acceptors (Lipinski definition) is 2. The molecule has 2 aromatic carbocycles. The summed E-state index contributed by atoms with van der Waals surface area (Å²) >= 11 is 1.63. The van der Waals surface area contributed by atoms with Gasteiger partial charge in [0.1, 0.15) is 0 Å². The van der Waals surface area contributed by atoms with Crippen LogP contribution in [0.1, 0.15) is 40.4 Å². The quantitative estimate of drug-likeness (QED) is 0.730. The van der Waals surface area contributed by atoms with Crippen LogP contribution >= 0.6 is 11.3 Å². The van der Waals surface area contributed by atoms with Gasteiger partial charge in [0.05, 0.1) is 11.6 Å². The zero-order valence-corrected chi connectivity index (χ0v) is 13.0. The molecule has 0 bridgehead atoms. The Hall–Kier alpha value is -2.13. The van der Waals surface area contributed by atoms with Gasteiger partial charge in [0.15, 0.2) is 0 Å². The monoisotopic (exact) mass is 307 g/mol. The molecular weight excluding hydrogens is 290 g/mol. The number of rotatable bonds is 2. The molecule has 22 heavy (non-hydrogen) atoms. The van der Waals surface area contributed by atoms with E-state index in [0.717, 1.165) is 34.9 Å². The van der Waals surface area contributed by atoms with Crippen molar-refractivity contribution in [2.75, 3.05) is 0 Å². The summed E-state index contributed by atoms with van der Waals surface area (Å²) in [6.45, 7) is 0. The lowest BCUT2D eigenvalue weighted by Gasteiger charge is -2.26. The molecule has 1 aliphatic rings. The SMILES string of the molecule is O=C(N[C@H]1CCCc2ccccc21)c1csc2ccccc12. The average molecular weight is 307 g/mol. The highest BCUT2D eigenvalue weighted by Crippen LogP contribution is 2.31. The Kier molecular flexibility index (Phi) is 3.43. The van der Waals surface area contributed by atoms with Crippen LogP contribution in [0, 0.1) is 0 Å². The largest absolute Gasteiger partial charge is 0.345 e. The summed E-state index contributed by atoms with van der Waals surface area (Å²) in [4.78, 5) is 12.7. The molecule has 0 fully saturated rings. The molecule has 1 aromatic heterocycles. The van der Waals surface area contributed by atoms with E-state index in [2.05, 4.69) is 35.6 Å². The topological polar surface area (TPSA) is 29.1 Å². The molecule has 3 aromatic rings. The molecule has 110 valence electrons. The molecule has 0 saturated carbocycles. The smallest absolute Gasteiger partial charge is 0.253 e. The maximum absolute atomic E-state index is 12.7. The Morgan fingerprint density at radius 1 is 1.09 bits per heavy atom. The maximum atomic E-state index is 12.7. The van der Waals surface area contributed by atoms with Gasteiger partial charge in [-0.2, -0.15) is 0 Å². The van der Waals surface area contributed by atoms with Crippen molar-refractivity contribution in [1.82, 2.24) is 5.32 Å². The van der Waals surface area contributed by atoms with E-state index in [1.54, 1.807) is 11.3 Å². The molecule has 0 unspecified atom stereocenters.